The zero-order valence-corrected chi connectivity index (χ0v) is 11.9. The highest BCUT2D eigenvalue weighted by molar-refractivity contribution is 6.21. The van der Waals surface area contributed by atoms with Gasteiger partial charge in [-0.15, -0.1) is 11.6 Å². The Morgan fingerprint density at radius 2 is 1.94 bits per heavy atom. The Balaban J connectivity index is 2.36. The van der Waals surface area contributed by atoms with E-state index < -0.39 is 0 Å². The molecule has 0 amide bonds. The fourth-order valence-corrected chi connectivity index (χ4v) is 2.75. The molecule has 0 heterocycles. The number of halogens is 1. The van der Waals surface area contributed by atoms with Crippen molar-refractivity contribution in [2.75, 3.05) is 20.7 Å². The van der Waals surface area contributed by atoms with Crippen molar-refractivity contribution in [1.82, 2.24) is 4.90 Å². The van der Waals surface area contributed by atoms with E-state index in [0.29, 0.717) is 11.4 Å². The molecule has 16 heavy (non-hydrogen) atoms. The lowest BCUT2D eigenvalue weighted by Crippen LogP contribution is -2.43. The summed E-state index contributed by atoms with van der Waals surface area (Å²) >= 11 is 6.39. The van der Waals surface area contributed by atoms with Gasteiger partial charge in [-0.2, -0.15) is 0 Å². The Morgan fingerprint density at radius 3 is 2.50 bits per heavy atom. The van der Waals surface area contributed by atoms with Gasteiger partial charge in [0.1, 0.15) is 0 Å². The third kappa shape index (κ3) is 4.23. The molecule has 0 aliphatic heterocycles. The van der Waals surface area contributed by atoms with Gasteiger partial charge in [-0.05, 0) is 40.2 Å². The summed E-state index contributed by atoms with van der Waals surface area (Å²) in [5.41, 5.74) is -0.0231. The van der Waals surface area contributed by atoms with Crippen LogP contribution in [-0.4, -0.2) is 42.6 Å². The molecule has 1 aliphatic rings. The molecule has 0 N–H and O–H groups in total. The van der Waals surface area contributed by atoms with Crippen LogP contribution in [0.2, 0.25) is 0 Å². The minimum atomic E-state index is -0.0231. The van der Waals surface area contributed by atoms with Crippen molar-refractivity contribution in [3.05, 3.63) is 0 Å². The Labute approximate surface area is 105 Å². The van der Waals surface area contributed by atoms with Crippen molar-refractivity contribution >= 4 is 11.6 Å². The Bertz CT molecular complexity index is 208. The van der Waals surface area contributed by atoms with Crippen LogP contribution in [0.1, 0.15) is 46.0 Å². The van der Waals surface area contributed by atoms with E-state index in [2.05, 4.69) is 25.8 Å². The van der Waals surface area contributed by atoms with Crippen LogP contribution in [0.3, 0.4) is 0 Å². The molecule has 3 heteroatoms. The van der Waals surface area contributed by atoms with E-state index in [1.807, 2.05) is 0 Å². The number of nitrogens with zero attached hydrogens (tertiary/aromatic N) is 1. The van der Waals surface area contributed by atoms with E-state index in [0.717, 1.165) is 13.0 Å². The van der Waals surface area contributed by atoms with Crippen LogP contribution < -0.4 is 0 Å². The monoisotopic (exact) mass is 247 g/mol. The SMILES string of the molecule is COC(C)(C)CCN(C)C1CCCCC1Cl. The number of hydrogen-bond donors (Lipinski definition) is 0. The fourth-order valence-electron chi connectivity index (χ4n) is 2.28. The van der Waals surface area contributed by atoms with Gasteiger partial charge < -0.3 is 9.64 Å². The van der Waals surface area contributed by atoms with Crippen LogP contribution in [0.5, 0.6) is 0 Å². The number of alkyl halides is 1. The van der Waals surface area contributed by atoms with Crippen LogP contribution in [0.4, 0.5) is 0 Å². The number of ether oxygens (including phenoxy) is 1. The first-order valence-corrected chi connectivity index (χ1v) is 6.79. The second-order valence-corrected chi connectivity index (χ2v) is 6.12. The molecule has 1 aliphatic carbocycles. The molecule has 0 radical (unpaired) electrons. The van der Waals surface area contributed by atoms with Crippen molar-refractivity contribution in [2.24, 2.45) is 0 Å². The number of methoxy groups -OCH3 is 1. The highest BCUT2D eigenvalue weighted by Gasteiger charge is 2.27. The smallest absolute Gasteiger partial charge is 0.0634 e. The highest BCUT2D eigenvalue weighted by Crippen LogP contribution is 2.27. The van der Waals surface area contributed by atoms with Crippen molar-refractivity contribution in [3.8, 4) is 0 Å². The van der Waals surface area contributed by atoms with E-state index in [9.17, 15) is 0 Å². The molecular weight excluding hydrogens is 222 g/mol. The van der Waals surface area contributed by atoms with E-state index in [1.165, 1.54) is 25.7 Å². The molecule has 0 aromatic carbocycles. The lowest BCUT2D eigenvalue weighted by Gasteiger charge is -2.36. The molecular formula is C13H26ClNO. The first-order chi connectivity index (χ1) is 7.46. The van der Waals surface area contributed by atoms with E-state index >= 15 is 0 Å². The highest BCUT2D eigenvalue weighted by atomic mass is 35.5. The molecule has 0 aromatic heterocycles. The molecule has 0 bridgehead atoms. The summed E-state index contributed by atoms with van der Waals surface area (Å²) in [5, 5.41) is 0.337. The molecule has 0 aromatic rings. The second kappa shape index (κ2) is 6.23. The van der Waals surface area contributed by atoms with Gasteiger partial charge in [-0.1, -0.05) is 12.8 Å². The summed E-state index contributed by atoms with van der Waals surface area (Å²) in [7, 11) is 3.97. The standard InChI is InChI=1S/C13H26ClNO/c1-13(2,16-4)9-10-15(3)12-8-6-5-7-11(12)14/h11-12H,5-10H2,1-4H3. The fraction of sp³-hybridized carbons (Fsp3) is 1.00. The van der Waals surface area contributed by atoms with Crippen LogP contribution in [-0.2, 0) is 4.74 Å². The van der Waals surface area contributed by atoms with Gasteiger partial charge in [0.15, 0.2) is 0 Å². The first-order valence-electron chi connectivity index (χ1n) is 6.36. The van der Waals surface area contributed by atoms with Crippen LogP contribution >= 0.6 is 11.6 Å². The minimum Gasteiger partial charge on any atom is -0.379 e. The van der Waals surface area contributed by atoms with Crippen molar-refractivity contribution in [3.63, 3.8) is 0 Å². The van der Waals surface area contributed by atoms with Crippen LogP contribution in [0, 0.1) is 0 Å². The summed E-state index contributed by atoms with van der Waals surface area (Å²) < 4.78 is 5.44. The average Bonchev–Trinajstić information content (AvgIpc) is 2.27. The van der Waals surface area contributed by atoms with Gasteiger partial charge in [0, 0.05) is 25.1 Å². The van der Waals surface area contributed by atoms with Gasteiger partial charge in [-0.25, -0.2) is 0 Å². The van der Waals surface area contributed by atoms with Crippen LogP contribution in [0.15, 0.2) is 0 Å². The molecule has 2 atom stereocenters. The molecule has 2 nitrogen and oxygen atoms in total. The maximum atomic E-state index is 6.39. The normalized spacial score (nSPS) is 27.4. The molecule has 0 saturated heterocycles. The predicted octanol–water partition coefficient (Wildman–Crippen LogP) is 3.28. The summed E-state index contributed by atoms with van der Waals surface area (Å²) in [5.74, 6) is 0. The second-order valence-electron chi connectivity index (χ2n) is 5.56. The van der Waals surface area contributed by atoms with E-state index in [1.54, 1.807) is 7.11 Å². The third-order valence-corrected chi connectivity index (χ3v) is 4.34. The molecule has 2 unspecified atom stereocenters. The number of hydrogen-bond acceptors (Lipinski definition) is 2. The Morgan fingerprint density at radius 1 is 1.31 bits per heavy atom. The van der Waals surface area contributed by atoms with Crippen LogP contribution in [0.25, 0.3) is 0 Å². The molecule has 1 fully saturated rings. The van der Waals surface area contributed by atoms with Gasteiger partial charge in [0.05, 0.1) is 5.60 Å². The lowest BCUT2D eigenvalue weighted by molar-refractivity contribution is 0.00525. The molecule has 1 saturated carbocycles. The molecule has 0 spiro atoms. The Hall–Kier alpha value is 0.210. The summed E-state index contributed by atoms with van der Waals surface area (Å²) in [6, 6.07) is 0.558. The van der Waals surface area contributed by atoms with E-state index in [4.69, 9.17) is 16.3 Å². The summed E-state index contributed by atoms with van der Waals surface area (Å²) in [6.45, 7) is 5.34. The zero-order chi connectivity index (χ0) is 12.2. The quantitative estimate of drug-likeness (QED) is 0.692. The van der Waals surface area contributed by atoms with Gasteiger partial charge in [0.25, 0.3) is 0 Å². The number of rotatable bonds is 5. The first kappa shape index (κ1) is 14.3. The molecule has 96 valence electrons. The largest absolute Gasteiger partial charge is 0.379 e. The Kier molecular flexibility index (Phi) is 5.55. The molecule has 1 rings (SSSR count). The third-order valence-electron chi connectivity index (χ3n) is 3.83. The van der Waals surface area contributed by atoms with Gasteiger partial charge >= 0.3 is 0 Å². The zero-order valence-electron chi connectivity index (χ0n) is 11.1. The van der Waals surface area contributed by atoms with Crippen molar-refractivity contribution in [2.45, 2.75) is 63.0 Å². The van der Waals surface area contributed by atoms with E-state index in [-0.39, 0.29) is 5.60 Å². The maximum absolute atomic E-state index is 6.39. The van der Waals surface area contributed by atoms with Crippen molar-refractivity contribution < 1.29 is 4.74 Å². The minimum absolute atomic E-state index is 0.0231. The summed E-state index contributed by atoms with van der Waals surface area (Å²) in [6.07, 6.45) is 6.09. The summed E-state index contributed by atoms with van der Waals surface area (Å²) in [4.78, 5) is 2.41. The van der Waals surface area contributed by atoms with Gasteiger partial charge in [-0.3, -0.25) is 0 Å². The topological polar surface area (TPSA) is 12.5 Å². The average molecular weight is 248 g/mol. The predicted molar refractivity (Wildman–Crippen MR) is 70.2 cm³/mol. The van der Waals surface area contributed by atoms with Crippen molar-refractivity contribution in [1.29, 1.82) is 0 Å². The maximum Gasteiger partial charge on any atom is 0.0634 e. The van der Waals surface area contributed by atoms with Gasteiger partial charge in [0.2, 0.25) is 0 Å². The lowest BCUT2D eigenvalue weighted by atomic mass is 9.93.